The summed E-state index contributed by atoms with van der Waals surface area (Å²) >= 11 is 1.57. The summed E-state index contributed by atoms with van der Waals surface area (Å²) in [5, 5.41) is 9.70. The first-order valence-electron chi connectivity index (χ1n) is 11.4. The fourth-order valence-electron chi connectivity index (χ4n) is 4.32. The topological polar surface area (TPSA) is 76.5 Å². The normalized spacial score (nSPS) is 17.2. The molecular weight excluding hydrogens is 460 g/mol. The van der Waals surface area contributed by atoms with Crippen molar-refractivity contribution in [2.24, 2.45) is 0 Å². The molecule has 0 aliphatic carbocycles. The minimum atomic E-state index is -1.13. The number of carbonyl (C=O) groups excluding carboxylic acids is 2. The fourth-order valence-corrected chi connectivity index (χ4v) is 5.00. The Morgan fingerprint density at radius 1 is 1.09 bits per heavy atom. The Hall–Kier alpha value is -3.91. The van der Waals surface area contributed by atoms with Crippen molar-refractivity contribution in [2.75, 3.05) is 7.11 Å². The Bertz CT molecular complexity index is 1330. The van der Waals surface area contributed by atoms with E-state index in [4.69, 9.17) is 4.74 Å². The molecule has 0 fully saturated rings. The summed E-state index contributed by atoms with van der Waals surface area (Å²) in [4.78, 5) is 30.0. The van der Waals surface area contributed by atoms with Gasteiger partial charge in [0.2, 0.25) is 5.91 Å². The maximum atomic E-state index is 13.8. The van der Waals surface area contributed by atoms with Gasteiger partial charge in [0.15, 0.2) is 0 Å². The van der Waals surface area contributed by atoms with Gasteiger partial charge in [0.05, 0.1) is 18.5 Å². The van der Waals surface area contributed by atoms with E-state index in [0.717, 1.165) is 27.4 Å². The van der Waals surface area contributed by atoms with Crippen LogP contribution in [0.25, 0.3) is 10.6 Å². The molecule has 8 heteroatoms. The Kier molecular flexibility index (Phi) is 6.13. The first-order chi connectivity index (χ1) is 17.0. The van der Waals surface area contributed by atoms with Crippen LogP contribution in [0.3, 0.4) is 0 Å². The number of aromatic nitrogens is 2. The number of thiophene rings is 1. The fraction of sp³-hybridized carbons (Fsp3) is 0.222. The van der Waals surface area contributed by atoms with Crippen molar-refractivity contribution in [3.63, 3.8) is 0 Å². The van der Waals surface area contributed by atoms with Gasteiger partial charge in [0.25, 0.3) is 5.91 Å². The predicted molar refractivity (Wildman–Crippen MR) is 135 cm³/mol. The van der Waals surface area contributed by atoms with Gasteiger partial charge in [0, 0.05) is 13.1 Å². The van der Waals surface area contributed by atoms with E-state index < -0.39 is 5.54 Å². The number of benzene rings is 2. The number of hydrogen-bond acceptors (Lipinski definition) is 5. The third-order valence-corrected chi connectivity index (χ3v) is 7.25. The van der Waals surface area contributed by atoms with E-state index in [2.05, 4.69) is 10.4 Å². The maximum Gasteiger partial charge on any atom is 0.273 e. The van der Waals surface area contributed by atoms with Gasteiger partial charge in [-0.25, -0.2) is 0 Å². The zero-order chi connectivity index (χ0) is 24.4. The number of nitrogens with zero attached hydrogens (tertiary/aromatic N) is 3. The van der Waals surface area contributed by atoms with Gasteiger partial charge in [-0.15, -0.1) is 11.3 Å². The van der Waals surface area contributed by atoms with Gasteiger partial charge < -0.3 is 15.0 Å². The van der Waals surface area contributed by atoms with Crippen molar-refractivity contribution in [1.29, 1.82) is 0 Å². The highest BCUT2D eigenvalue weighted by atomic mass is 32.1. The van der Waals surface area contributed by atoms with Gasteiger partial charge in [0.1, 0.15) is 22.7 Å². The highest BCUT2D eigenvalue weighted by Gasteiger charge is 2.48. The number of methoxy groups -OCH3 is 1. The van der Waals surface area contributed by atoms with E-state index in [9.17, 15) is 9.59 Å². The molecule has 1 aliphatic rings. The summed E-state index contributed by atoms with van der Waals surface area (Å²) in [5.41, 5.74) is 2.00. The lowest BCUT2D eigenvalue weighted by molar-refractivity contribution is -0.133. The summed E-state index contributed by atoms with van der Waals surface area (Å²) in [6.07, 6.45) is 0. The molecule has 2 amide bonds. The molecule has 1 aliphatic heterocycles. The summed E-state index contributed by atoms with van der Waals surface area (Å²) in [5.74, 6) is 0.294. The minimum absolute atomic E-state index is 0.220. The lowest BCUT2D eigenvalue weighted by atomic mass is 9.94. The molecule has 1 N–H and O–H groups in total. The highest BCUT2D eigenvalue weighted by molar-refractivity contribution is 7.13. The zero-order valence-corrected chi connectivity index (χ0v) is 20.4. The van der Waals surface area contributed by atoms with Crippen LogP contribution in [0.5, 0.6) is 5.75 Å². The average Bonchev–Trinajstić information content (AvgIpc) is 3.56. The molecule has 178 valence electrons. The standard InChI is InChI=1S/C27H26N4O3S/c1-27(26(33)28-16-19-7-4-3-5-8-19)18-31-23(15-22(29-31)24-9-6-14-35-24)25(32)30(27)17-20-10-12-21(34-2)13-11-20/h3-15H,16-18H2,1-2H3,(H,28,33)/t27-/m1/s1. The quantitative estimate of drug-likeness (QED) is 0.421. The van der Waals surface area contributed by atoms with Crippen molar-refractivity contribution in [2.45, 2.75) is 32.1 Å². The van der Waals surface area contributed by atoms with E-state index in [1.54, 1.807) is 28.0 Å². The smallest absolute Gasteiger partial charge is 0.273 e. The summed E-state index contributed by atoms with van der Waals surface area (Å²) in [6, 6.07) is 23.0. The van der Waals surface area contributed by atoms with Crippen molar-refractivity contribution >= 4 is 23.2 Å². The van der Waals surface area contributed by atoms with E-state index in [0.29, 0.717) is 12.2 Å². The number of carbonyl (C=O) groups is 2. The predicted octanol–water partition coefficient (Wildman–Crippen LogP) is 4.35. The first-order valence-corrected chi connectivity index (χ1v) is 12.2. The molecule has 2 aromatic carbocycles. The average molecular weight is 487 g/mol. The number of fused-ring (bicyclic) bond motifs is 1. The van der Waals surface area contributed by atoms with Crippen molar-refractivity contribution in [1.82, 2.24) is 20.0 Å². The van der Waals surface area contributed by atoms with Gasteiger partial charge in [-0.1, -0.05) is 48.5 Å². The Morgan fingerprint density at radius 2 is 1.86 bits per heavy atom. The maximum absolute atomic E-state index is 13.8. The molecule has 4 aromatic rings. The van der Waals surface area contributed by atoms with Crippen LogP contribution in [0.15, 0.2) is 78.2 Å². The van der Waals surface area contributed by atoms with Crippen LogP contribution in [0.1, 0.15) is 28.5 Å². The molecule has 2 aromatic heterocycles. The van der Waals surface area contributed by atoms with Crippen LogP contribution in [0, 0.1) is 0 Å². The summed E-state index contributed by atoms with van der Waals surface area (Å²) in [6.45, 7) is 2.74. The first kappa shape index (κ1) is 22.9. The lowest BCUT2D eigenvalue weighted by Crippen LogP contribution is -2.63. The Labute approximate surface area is 208 Å². The summed E-state index contributed by atoms with van der Waals surface area (Å²) < 4.78 is 6.93. The number of ether oxygens (including phenoxy) is 1. The molecule has 35 heavy (non-hydrogen) atoms. The number of rotatable bonds is 7. The van der Waals surface area contributed by atoms with Gasteiger partial charge in [-0.05, 0) is 47.7 Å². The molecule has 0 unspecified atom stereocenters. The summed E-state index contributed by atoms with van der Waals surface area (Å²) in [7, 11) is 1.61. The SMILES string of the molecule is COc1ccc(CN2C(=O)c3cc(-c4cccs4)nn3C[C@]2(C)C(=O)NCc2ccccc2)cc1. The molecule has 3 heterocycles. The second kappa shape index (κ2) is 9.38. The number of nitrogens with one attached hydrogen (secondary N) is 1. The van der Waals surface area contributed by atoms with Crippen LogP contribution >= 0.6 is 11.3 Å². The molecule has 0 spiro atoms. The molecule has 5 rings (SSSR count). The second-order valence-electron chi connectivity index (χ2n) is 8.73. The molecule has 0 saturated carbocycles. The monoisotopic (exact) mass is 486 g/mol. The lowest BCUT2D eigenvalue weighted by Gasteiger charge is -2.43. The third-order valence-electron chi connectivity index (χ3n) is 6.36. The van der Waals surface area contributed by atoms with Crippen molar-refractivity contribution < 1.29 is 14.3 Å². The van der Waals surface area contributed by atoms with Crippen molar-refractivity contribution in [3.8, 4) is 16.3 Å². The Balaban J connectivity index is 1.48. The van der Waals surface area contributed by atoms with E-state index in [-0.39, 0.29) is 24.9 Å². The molecule has 0 radical (unpaired) electrons. The highest BCUT2D eigenvalue weighted by Crippen LogP contribution is 2.32. The molecule has 0 saturated heterocycles. The van der Waals surface area contributed by atoms with Gasteiger partial charge >= 0.3 is 0 Å². The molecule has 1 atom stereocenters. The molecule has 0 bridgehead atoms. The number of hydrogen-bond donors (Lipinski definition) is 1. The third kappa shape index (κ3) is 4.44. The van der Waals surface area contributed by atoms with Crippen LogP contribution in [0.4, 0.5) is 0 Å². The Morgan fingerprint density at radius 3 is 2.54 bits per heavy atom. The van der Waals surface area contributed by atoms with Gasteiger partial charge in [-0.2, -0.15) is 5.10 Å². The second-order valence-corrected chi connectivity index (χ2v) is 9.68. The zero-order valence-electron chi connectivity index (χ0n) is 19.6. The largest absolute Gasteiger partial charge is 0.497 e. The van der Waals surface area contributed by atoms with Crippen LogP contribution in [-0.2, 0) is 24.4 Å². The van der Waals surface area contributed by atoms with E-state index >= 15 is 0 Å². The van der Waals surface area contributed by atoms with E-state index in [1.165, 1.54) is 0 Å². The van der Waals surface area contributed by atoms with Crippen molar-refractivity contribution in [3.05, 3.63) is 95.0 Å². The van der Waals surface area contributed by atoms with Crippen LogP contribution < -0.4 is 10.1 Å². The number of amides is 2. The molecular formula is C27H26N4O3S. The minimum Gasteiger partial charge on any atom is -0.497 e. The molecule has 7 nitrogen and oxygen atoms in total. The van der Waals surface area contributed by atoms with E-state index in [1.807, 2.05) is 85.1 Å². The van der Waals surface area contributed by atoms with Crippen LogP contribution in [0.2, 0.25) is 0 Å². The van der Waals surface area contributed by atoms with Gasteiger partial charge in [-0.3, -0.25) is 14.3 Å². The van der Waals surface area contributed by atoms with Crippen LogP contribution in [-0.4, -0.2) is 39.1 Å².